The van der Waals surface area contributed by atoms with Gasteiger partial charge in [0.05, 0.1) is 6.54 Å². The predicted octanol–water partition coefficient (Wildman–Crippen LogP) is 1.08. The van der Waals surface area contributed by atoms with Crippen LogP contribution < -0.4 is 0 Å². The standard InChI is InChI=1S/C9H15F2NO/c1-13-5-8-6-2-12(3-7(6)8)4-9(10)11/h6-9H,2-5H2,1H3/t6-,7+,8+. The Labute approximate surface area is 76.9 Å². The fourth-order valence-electron chi connectivity index (χ4n) is 2.52. The quantitative estimate of drug-likeness (QED) is 0.659. The van der Waals surface area contributed by atoms with E-state index in [1.165, 1.54) is 0 Å². The van der Waals surface area contributed by atoms with Crippen molar-refractivity contribution in [1.82, 2.24) is 4.90 Å². The van der Waals surface area contributed by atoms with Crippen LogP contribution in [0.1, 0.15) is 0 Å². The van der Waals surface area contributed by atoms with Gasteiger partial charge in [0, 0.05) is 26.8 Å². The summed E-state index contributed by atoms with van der Waals surface area (Å²) in [6, 6.07) is 0. The van der Waals surface area contributed by atoms with E-state index in [4.69, 9.17) is 4.74 Å². The second kappa shape index (κ2) is 3.50. The largest absolute Gasteiger partial charge is 0.384 e. The smallest absolute Gasteiger partial charge is 0.251 e. The number of alkyl halides is 2. The summed E-state index contributed by atoms with van der Waals surface area (Å²) < 4.78 is 29.1. The van der Waals surface area contributed by atoms with Gasteiger partial charge in [-0.3, -0.25) is 4.90 Å². The number of hydrogen-bond donors (Lipinski definition) is 0. The second-order valence-electron chi connectivity index (χ2n) is 4.06. The van der Waals surface area contributed by atoms with E-state index in [0.717, 1.165) is 19.7 Å². The third-order valence-corrected chi connectivity index (χ3v) is 3.20. The highest BCUT2D eigenvalue weighted by atomic mass is 19.3. The van der Waals surface area contributed by atoms with Crippen LogP contribution in [0.2, 0.25) is 0 Å². The van der Waals surface area contributed by atoms with Crippen molar-refractivity contribution >= 4 is 0 Å². The fraction of sp³-hybridized carbons (Fsp3) is 1.00. The third kappa shape index (κ3) is 1.83. The molecule has 0 spiro atoms. The lowest BCUT2D eigenvalue weighted by Gasteiger charge is -2.18. The molecular weight excluding hydrogens is 176 g/mol. The first-order chi connectivity index (χ1) is 6.22. The van der Waals surface area contributed by atoms with Crippen LogP contribution in [-0.4, -0.2) is 44.7 Å². The van der Waals surface area contributed by atoms with Crippen molar-refractivity contribution in [3.05, 3.63) is 0 Å². The van der Waals surface area contributed by atoms with Crippen molar-refractivity contribution in [1.29, 1.82) is 0 Å². The summed E-state index contributed by atoms with van der Waals surface area (Å²) >= 11 is 0. The number of halogens is 2. The maximum Gasteiger partial charge on any atom is 0.251 e. The number of rotatable bonds is 4. The van der Waals surface area contributed by atoms with Crippen LogP contribution in [0.4, 0.5) is 8.78 Å². The summed E-state index contributed by atoms with van der Waals surface area (Å²) in [5.41, 5.74) is 0. The Morgan fingerprint density at radius 2 is 2.00 bits per heavy atom. The summed E-state index contributed by atoms with van der Waals surface area (Å²) in [4.78, 5) is 1.87. The lowest BCUT2D eigenvalue weighted by molar-refractivity contribution is 0.0869. The van der Waals surface area contributed by atoms with E-state index in [-0.39, 0.29) is 6.54 Å². The summed E-state index contributed by atoms with van der Waals surface area (Å²) in [6.45, 7) is 2.45. The maximum absolute atomic E-state index is 12.0. The monoisotopic (exact) mass is 191 g/mol. The van der Waals surface area contributed by atoms with Gasteiger partial charge in [0.15, 0.2) is 0 Å². The fourth-order valence-corrected chi connectivity index (χ4v) is 2.52. The van der Waals surface area contributed by atoms with E-state index in [9.17, 15) is 8.78 Å². The first-order valence-electron chi connectivity index (χ1n) is 4.72. The van der Waals surface area contributed by atoms with Gasteiger partial charge in [-0.25, -0.2) is 8.78 Å². The van der Waals surface area contributed by atoms with Crippen molar-refractivity contribution in [3.8, 4) is 0 Å². The van der Waals surface area contributed by atoms with E-state index in [1.54, 1.807) is 7.11 Å². The molecule has 0 unspecified atom stereocenters. The molecule has 0 aromatic rings. The van der Waals surface area contributed by atoms with Gasteiger partial charge in [0.1, 0.15) is 0 Å². The number of hydrogen-bond acceptors (Lipinski definition) is 2. The predicted molar refractivity (Wildman–Crippen MR) is 44.8 cm³/mol. The molecule has 2 fully saturated rings. The minimum atomic E-state index is -2.18. The number of fused-ring (bicyclic) bond motifs is 1. The molecule has 3 atom stereocenters. The molecular formula is C9H15F2NO. The molecule has 0 N–H and O–H groups in total. The van der Waals surface area contributed by atoms with Crippen molar-refractivity contribution in [2.24, 2.45) is 17.8 Å². The molecule has 0 aromatic carbocycles. The average Bonchev–Trinajstić information content (AvgIpc) is 2.55. The average molecular weight is 191 g/mol. The Balaban J connectivity index is 1.71. The molecule has 76 valence electrons. The molecule has 2 rings (SSSR count). The SMILES string of the molecule is COC[C@@H]1[C@H]2CN(CC(F)F)C[C@@H]12. The number of nitrogens with zero attached hydrogens (tertiary/aromatic N) is 1. The molecule has 1 saturated carbocycles. The Bertz CT molecular complexity index is 176. The molecule has 0 aromatic heterocycles. The van der Waals surface area contributed by atoms with Gasteiger partial charge in [0.2, 0.25) is 0 Å². The van der Waals surface area contributed by atoms with E-state index in [1.807, 2.05) is 4.90 Å². The van der Waals surface area contributed by atoms with Gasteiger partial charge < -0.3 is 4.74 Å². The van der Waals surface area contributed by atoms with E-state index >= 15 is 0 Å². The first-order valence-corrected chi connectivity index (χ1v) is 4.72. The Kier molecular flexibility index (Phi) is 2.51. The Morgan fingerprint density at radius 3 is 2.46 bits per heavy atom. The van der Waals surface area contributed by atoms with Crippen LogP contribution in [0, 0.1) is 17.8 Å². The minimum absolute atomic E-state index is 0.0489. The van der Waals surface area contributed by atoms with Gasteiger partial charge in [0.25, 0.3) is 6.43 Å². The molecule has 2 aliphatic rings. The molecule has 0 radical (unpaired) electrons. The van der Waals surface area contributed by atoms with Crippen molar-refractivity contribution in [3.63, 3.8) is 0 Å². The van der Waals surface area contributed by atoms with Gasteiger partial charge >= 0.3 is 0 Å². The van der Waals surface area contributed by atoms with Crippen LogP contribution in [0.15, 0.2) is 0 Å². The van der Waals surface area contributed by atoms with E-state index in [0.29, 0.717) is 17.8 Å². The van der Waals surface area contributed by atoms with Crippen LogP contribution in [0.5, 0.6) is 0 Å². The highest BCUT2D eigenvalue weighted by Crippen LogP contribution is 2.51. The molecule has 0 amide bonds. The zero-order valence-corrected chi connectivity index (χ0v) is 7.75. The molecule has 1 aliphatic carbocycles. The van der Waals surface area contributed by atoms with Crippen molar-refractivity contribution < 1.29 is 13.5 Å². The topological polar surface area (TPSA) is 12.5 Å². The highest BCUT2D eigenvalue weighted by Gasteiger charge is 2.55. The number of piperidine rings is 1. The highest BCUT2D eigenvalue weighted by molar-refractivity contribution is 5.04. The first kappa shape index (κ1) is 9.34. The van der Waals surface area contributed by atoms with Gasteiger partial charge in [-0.2, -0.15) is 0 Å². The normalized spacial score (nSPS) is 38.3. The van der Waals surface area contributed by atoms with Crippen molar-refractivity contribution in [2.75, 3.05) is 33.4 Å². The lowest BCUT2D eigenvalue weighted by Crippen LogP contribution is -2.30. The zero-order valence-electron chi connectivity index (χ0n) is 7.75. The minimum Gasteiger partial charge on any atom is -0.384 e. The molecule has 1 aliphatic heterocycles. The van der Waals surface area contributed by atoms with E-state index in [2.05, 4.69) is 0 Å². The Morgan fingerprint density at radius 1 is 1.38 bits per heavy atom. The molecule has 1 saturated heterocycles. The van der Waals surface area contributed by atoms with Crippen molar-refractivity contribution in [2.45, 2.75) is 6.43 Å². The summed E-state index contributed by atoms with van der Waals surface area (Å²) in [6.07, 6.45) is -2.18. The third-order valence-electron chi connectivity index (χ3n) is 3.20. The number of ether oxygens (including phenoxy) is 1. The maximum atomic E-state index is 12.0. The molecule has 13 heavy (non-hydrogen) atoms. The number of methoxy groups -OCH3 is 1. The van der Waals surface area contributed by atoms with Gasteiger partial charge in [-0.05, 0) is 17.8 Å². The number of likely N-dealkylation sites (tertiary alicyclic amines) is 1. The van der Waals surface area contributed by atoms with Gasteiger partial charge in [-0.15, -0.1) is 0 Å². The lowest BCUT2D eigenvalue weighted by atomic mass is 10.3. The second-order valence-corrected chi connectivity index (χ2v) is 4.06. The van der Waals surface area contributed by atoms with Crippen LogP contribution in [-0.2, 0) is 4.74 Å². The molecule has 4 heteroatoms. The van der Waals surface area contributed by atoms with Crippen LogP contribution in [0.3, 0.4) is 0 Å². The molecule has 1 heterocycles. The summed E-state index contributed by atoms with van der Waals surface area (Å²) in [5.74, 6) is 1.93. The van der Waals surface area contributed by atoms with E-state index < -0.39 is 6.43 Å². The van der Waals surface area contributed by atoms with Gasteiger partial charge in [-0.1, -0.05) is 0 Å². The summed E-state index contributed by atoms with van der Waals surface area (Å²) in [7, 11) is 1.70. The van der Waals surface area contributed by atoms with Crippen LogP contribution in [0.25, 0.3) is 0 Å². The van der Waals surface area contributed by atoms with Crippen LogP contribution >= 0.6 is 0 Å². The zero-order chi connectivity index (χ0) is 9.42. The molecule has 0 bridgehead atoms. The summed E-state index contributed by atoms with van der Waals surface area (Å²) in [5, 5.41) is 0. The Hall–Kier alpha value is -0.220. The molecule has 2 nitrogen and oxygen atoms in total.